The zero-order valence-electron chi connectivity index (χ0n) is 8.95. The van der Waals surface area contributed by atoms with Gasteiger partial charge in [0.05, 0.1) is 7.11 Å². The van der Waals surface area contributed by atoms with Crippen LogP contribution in [0.15, 0.2) is 30.5 Å². The zero-order chi connectivity index (χ0) is 10.7. The molecule has 0 saturated carbocycles. The second-order valence-corrected chi connectivity index (χ2v) is 3.25. The maximum Gasteiger partial charge on any atom is 0.145 e. The number of hydrogen-bond donors (Lipinski definition) is 1. The number of anilines is 1. The van der Waals surface area contributed by atoms with Crippen LogP contribution < -0.4 is 10.1 Å². The summed E-state index contributed by atoms with van der Waals surface area (Å²) in [4.78, 5) is 4.33. The number of methoxy groups -OCH3 is 1. The van der Waals surface area contributed by atoms with Gasteiger partial charge in [0.25, 0.3) is 0 Å². The molecule has 0 aliphatic carbocycles. The lowest BCUT2D eigenvalue weighted by Crippen LogP contribution is -1.98. The van der Waals surface area contributed by atoms with Gasteiger partial charge < -0.3 is 10.1 Å². The number of rotatable bonds is 3. The molecule has 3 nitrogen and oxygen atoms in total. The molecule has 1 aromatic carbocycles. The van der Waals surface area contributed by atoms with Crippen LogP contribution in [0.2, 0.25) is 0 Å². The Morgan fingerprint density at radius 3 is 2.93 bits per heavy atom. The van der Waals surface area contributed by atoms with Crippen molar-refractivity contribution in [2.45, 2.75) is 6.92 Å². The minimum Gasteiger partial charge on any atom is -0.494 e. The minimum atomic E-state index is 0.812. The Morgan fingerprint density at radius 1 is 1.33 bits per heavy atom. The third-order valence-electron chi connectivity index (χ3n) is 2.32. The van der Waals surface area contributed by atoms with E-state index in [1.807, 2.05) is 24.3 Å². The van der Waals surface area contributed by atoms with E-state index in [9.17, 15) is 0 Å². The molecule has 0 unspecified atom stereocenters. The molecule has 0 aliphatic rings. The molecule has 0 aliphatic heterocycles. The van der Waals surface area contributed by atoms with E-state index >= 15 is 0 Å². The summed E-state index contributed by atoms with van der Waals surface area (Å²) in [6.45, 7) is 2.97. The predicted octanol–water partition coefficient (Wildman–Crippen LogP) is 2.68. The lowest BCUT2D eigenvalue weighted by atomic mass is 10.1. The topological polar surface area (TPSA) is 34.2 Å². The molecule has 3 heteroatoms. The van der Waals surface area contributed by atoms with E-state index in [0.29, 0.717) is 0 Å². The molecule has 78 valence electrons. The molecule has 1 aromatic heterocycles. The highest BCUT2D eigenvalue weighted by Crippen LogP contribution is 2.28. The third-order valence-corrected chi connectivity index (χ3v) is 2.32. The van der Waals surface area contributed by atoms with Crippen LogP contribution in [0.4, 0.5) is 5.69 Å². The SMILES string of the molecule is CCNc1ccnc2c(OC)cccc12. The zero-order valence-corrected chi connectivity index (χ0v) is 8.95. The van der Waals surface area contributed by atoms with Crippen molar-refractivity contribution in [3.8, 4) is 5.75 Å². The molecular weight excluding hydrogens is 188 g/mol. The summed E-state index contributed by atoms with van der Waals surface area (Å²) in [6.07, 6.45) is 1.79. The summed E-state index contributed by atoms with van der Waals surface area (Å²) in [7, 11) is 1.66. The minimum absolute atomic E-state index is 0.812. The summed E-state index contributed by atoms with van der Waals surface area (Å²) >= 11 is 0. The van der Waals surface area contributed by atoms with Crippen molar-refractivity contribution < 1.29 is 4.74 Å². The van der Waals surface area contributed by atoms with Crippen molar-refractivity contribution in [1.29, 1.82) is 0 Å². The van der Waals surface area contributed by atoms with E-state index in [1.54, 1.807) is 13.3 Å². The maximum absolute atomic E-state index is 5.27. The fourth-order valence-electron chi connectivity index (χ4n) is 1.66. The number of aromatic nitrogens is 1. The molecule has 0 amide bonds. The van der Waals surface area contributed by atoms with Crippen LogP contribution in [-0.2, 0) is 0 Å². The van der Waals surface area contributed by atoms with Gasteiger partial charge in [0.2, 0.25) is 0 Å². The van der Waals surface area contributed by atoms with Crippen molar-refractivity contribution in [3.63, 3.8) is 0 Å². The highest BCUT2D eigenvalue weighted by molar-refractivity contribution is 5.94. The van der Waals surface area contributed by atoms with Gasteiger partial charge >= 0.3 is 0 Å². The quantitative estimate of drug-likeness (QED) is 0.830. The Morgan fingerprint density at radius 2 is 2.20 bits per heavy atom. The number of fused-ring (bicyclic) bond motifs is 1. The summed E-state index contributed by atoms with van der Waals surface area (Å²) in [6, 6.07) is 7.92. The Bertz CT molecular complexity index is 468. The van der Waals surface area contributed by atoms with Gasteiger partial charge in [-0.05, 0) is 19.1 Å². The second kappa shape index (κ2) is 4.17. The Kier molecular flexibility index (Phi) is 2.72. The number of hydrogen-bond acceptors (Lipinski definition) is 3. The lowest BCUT2D eigenvalue weighted by Gasteiger charge is -2.09. The summed E-state index contributed by atoms with van der Waals surface area (Å²) in [5, 5.41) is 4.40. The van der Waals surface area contributed by atoms with Gasteiger partial charge in [0.15, 0.2) is 0 Å². The molecule has 2 aromatic rings. The first-order valence-corrected chi connectivity index (χ1v) is 5.02. The molecular formula is C12H14N2O. The molecule has 0 radical (unpaired) electrons. The molecule has 1 heterocycles. The van der Waals surface area contributed by atoms with Gasteiger partial charge in [-0.3, -0.25) is 4.98 Å². The average Bonchev–Trinajstić information content (AvgIpc) is 2.29. The normalized spacial score (nSPS) is 10.3. The van der Waals surface area contributed by atoms with E-state index in [0.717, 1.165) is 28.9 Å². The van der Waals surface area contributed by atoms with Crippen LogP contribution in [0.5, 0.6) is 5.75 Å². The number of nitrogens with one attached hydrogen (secondary N) is 1. The number of ether oxygens (including phenoxy) is 1. The monoisotopic (exact) mass is 202 g/mol. The standard InChI is InChI=1S/C12H14N2O/c1-3-13-10-7-8-14-12-9(10)5-4-6-11(12)15-2/h4-8H,3H2,1-2H3,(H,13,14). The number of pyridine rings is 1. The molecule has 1 N–H and O–H groups in total. The van der Waals surface area contributed by atoms with Crippen molar-refractivity contribution in [2.75, 3.05) is 19.0 Å². The maximum atomic E-state index is 5.27. The number of para-hydroxylation sites is 1. The lowest BCUT2D eigenvalue weighted by molar-refractivity contribution is 0.419. The highest BCUT2D eigenvalue weighted by Gasteiger charge is 2.04. The van der Waals surface area contributed by atoms with Gasteiger partial charge in [-0.25, -0.2) is 0 Å². The fraction of sp³-hybridized carbons (Fsp3) is 0.250. The van der Waals surface area contributed by atoms with Crippen LogP contribution >= 0.6 is 0 Å². The van der Waals surface area contributed by atoms with Crippen LogP contribution in [-0.4, -0.2) is 18.6 Å². The predicted molar refractivity (Wildman–Crippen MR) is 62.5 cm³/mol. The largest absolute Gasteiger partial charge is 0.494 e. The molecule has 0 bridgehead atoms. The molecule has 2 rings (SSSR count). The molecule has 15 heavy (non-hydrogen) atoms. The van der Waals surface area contributed by atoms with Crippen molar-refractivity contribution >= 4 is 16.6 Å². The van der Waals surface area contributed by atoms with E-state index in [1.165, 1.54) is 0 Å². The van der Waals surface area contributed by atoms with Gasteiger partial charge in [0.1, 0.15) is 11.3 Å². The van der Waals surface area contributed by atoms with Crippen molar-refractivity contribution in [3.05, 3.63) is 30.5 Å². The molecule has 0 spiro atoms. The summed E-state index contributed by atoms with van der Waals surface area (Å²) < 4.78 is 5.27. The smallest absolute Gasteiger partial charge is 0.145 e. The molecule has 0 atom stereocenters. The van der Waals surface area contributed by atoms with Crippen molar-refractivity contribution in [1.82, 2.24) is 4.98 Å². The van der Waals surface area contributed by atoms with E-state index in [2.05, 4.69) is 17.2 Å². The van der Waals surface area contributed by atoms with Gasteiger partial charge in [-0.1, -0.05) is 12.1 Å². The summed E-state index contributed by atoms with van der Waals surface area (Å²) in [5.74, 6) is 0.812. The molecule has 0 saturated heterocycles. The Balaban J connectivity index is 2.65. The Labute approximate surface area is 89.1 Å². The van der Waals surface area contributed by atoms with Crippen LogP contribution in [0, 0.1) is 0 Å². The average molecular weight is 202 g/mol. The van der Waals surface area contributed by atoms with Crippen LogP contribution in [0.3, 0.4) is 0 Å². The summed E-state index contributed by atoms with van der Waals surface area (Å²) in [5.41, 5.74) is 2.00. The van der Waals surface area contributed by atoms with Gasteiger partial charge in [0, 0.05) is 23.8 Å². The highest BCUT2D eigenvalue weighted by atomic mass is 16.5. The number of nitrogens with zero attached hydrogens (tertiary/aromatic N) is 1. The molecule has 0 fully saturated rings. The Hall–Kier alpha value is -1.77. The van der Waals surface area contributed by atoms with E-state index in [4.69, 9.17) is 4.74 Å². The number of benzene rings is 1. The first-order chi connectivity index (χ1) is 7.36. The van der Waals surface area contributed by atoms with E-state index in [-0.39, 0.29) is 0 Å². The fourth-order valence-corrected chi connectivity index (χ4v) is 1.66. The second-order valence-electron chi connectivity index (χ2n) is 3.25. The van der Waals surface area contributed by atoms with Crippen LogP contribution in [0.1, 0.15) is 6.92 Å². The van der Waals surface area contributed by atoms with Crippen LogP contribution in [0.25, 0.3) is 10.9 Å². The van der Waals surface area contributed by atoms with Gasteiger partial charge in [-0.15, -0.1) is 0 Å². The third kappa shape index (κ3) is 1.73. The first kappa shape index (κ1) is 9.77. The van der Waals surface area contributed by atoms with Gasteiger partial charge in [-0.2, -0.15) is 0 Å². The first-order valence-electron chi connectivity index (χ1n) is 5.02. The van der Waals surface area contributed by atoms with E-state index < -0.39 is 0 Å². The van der Waals surface area contributed by atoms with Crippen molar-refractivity contribution in [2.24, 2.45) is 0 Å².